The summed E-state index contributed by atoms with van der Waals surface area (Å²) < 4.78 is 6.71. The zero-order valence-electron chi connectivity index (χ0n) is 18.6. The molecule has 4 heterocycles. The van der Waals surface area contributed by atoms with Crippen LogP contribution in [0.3, 0.4) is 0 Å². The fourth-order valence-electron chi connectivity index (χ4n) is 5.66. The molecule has 168 valence electrons. The average molecular weight is 443 g/mol. The van der Waals surface area contributed by atoms with E-state index < -0.39 is 0 Å². The third-order valence-corrected chi connectivity index (χ3v) is 8.61. The monoisotopic (exact) mass is 442 g/mol. The van der Waals surface area contributed by atoms with Gasteiger partial charge in [0.05, 0.1) is 28.4 Å². The van der Waals surface area contributed by atoms with E-state index >= 15 is 0 Å². The number of morpholine rings is 1. The van der Waals surface area contributed by atoms with Crippen LogP contribution in [0.15, 0.2) is 24.3 Å². The van der Waals surface area contributed by atoms with Crippen molar-refractivity contribution in [1.82, 2.24) is 19.7 Å². The highest BCUT2D eigenvalue weighted by Gasteiger charge is 2.45. The maximum absolute atomic E-state index is 12.9. The molecule has 1 unspecified atom stereocenters. The minimum Gasteiger partial charge on any atom is -0.379 e. The Balaban J connectivity index is 1.10. The Hall–Kier alpha value is -1.54. The van der Waals surface area contributed by atoms with Gasteiger partial charge in [-0.15, -0.1) is 11.3 Å². The molecule has 3 saturated heterocycles. The van der Waals surface area contributed by atoms with Crippen molar-refractivity contribution in [3.8, 4) is 0 Å². The minimum atomic E-state index is 0.297. The van der Waals surface area contributed by atoms with E-state index in [1.807, 2.05) is 18.2 Å². The van der Waals surface area contributed by atoms with Gasteiger partial charge in [-0.3, -0.25) is 9.69 Å². The molecule has 31 heavy (non-hydrogen) atoms. The fraction of sp³-hybridized carbons (Fsp3) is 0.667. The number of carbonyl (C=O) groups excluding carboxylic acids is 1. The summed E-state index contributed by atoms with van der Waals surface area (Å²) in [5.74, 6) is 0.297. The third-order valence-electron chi connectivity index (χ3n) is 7.52. The summed E-state index contributed by atoms with van der Waals surface area (Å²) in [6.45, 7) is 8.03. The second-order valence-corrected chi connectivity index (χ2v) is 10.8. The van der Waals surface area contributed by atoms with Gasteiger partial charge in [0, 0.05) is 58.2 Å². The summed E-state index contributed by atoms with van der Waals surface area (Å²) in [6, 6.07) is 8.86. The number of carbonyl (C=O) groups is 1. The molecule has 1 aromatic carbocycles. The Kier molecular flexibility index (Phi) is 6.28. The SMILES string of the molecule is CN1CC2(CCN(C(=O)CCc3nc4ccccc4s3)CC2)CC1CN1CCOCC1. The van der Waals surface area contributed by atoms with Crippen molar-refractivity contribution in [2.24, 2.45) is 5.41 Å². The number of hydrogen-bond donors (Lipinski definition) is 0. The van der Waals surface area contributed by atoms with Crippen molar-refractivity contribution in [1.29, 1.82) is 0 Å². The Bertz CT molecular complexity index is 869. The highest BCUT2D eigenvalue weighted by Crippen LogP contribution is 2.43. The summed E-state index contributed by atoms with van der Waals surface area (Å²) in [5, 5.41) is 1.08. The number of aryl methyl sites for hydroxylation is 1. The maximum atomic E-state index is 12.9. The van der Waals surface area contributed by atoms with Gasteiger partial charge in [-0.25, -0.2) is 4.98 Å². The number of aromatic nitrogens is 1. The molecule has 2 aromatic rings. The smallest absolute Gasteiger partial charge is 0.222 e. The number of fused-ring (bicyclic) bond motifs is 1. The molecule has 1 amide bonds. The Labute approximate surface area is 189 Å². The van der Waals surface area contributed by atoms with Gasteiger partial charge >= 0.3 is 0 Å². The first kappa shape index (κ1) is 21.3. The number of benzene rings is 1. The number of likely N-dealkylation sites (tertiary alicyclic amines) is 2. The zero-order valence-corrected chi connectivity index (χ0v) is 19.4. The molecule has 3 fully saturated rings. The molecule has 0 aliphatic carbocycles. The van der Waals surface area contributed by atoms with Gasteiger partial charge in [0.2, 0.25) is 5.91 Å². The van der Waals surface area contributed by atoms with Gasteiger partial charge in [-0.05, 0) is 43.9 Å². The predicted octanol–water partition coefficient (Wildman–Crippen LogP) is 2.87. The highest BCUT2D eigenvalue weighted by atomic mass is 32.1. The van der Waals surface area contributed by atoms with E-state index in [4.69, 9.17) is 4.74 Å². The molecule has 0 radical (unpaired) electrons. The second-order valence-electron chi connectivity index (χ2n) is 9.64. The Morgan fingerprint density at radius 2 is 1.97 bits per heavy atom. The first-order chi connectivity index (χ1) is 15.1. The number of rotatable bonds is 5. The summed E-state index contributed by atoms with van der Waals surface area (Å²) in [6.07, 6.45) is 4.89. The normalized spacial score (nSPS) is 24.9. The van der Waals surface area contributed by atoms with Crippen molar-refractivity contribution in [2.45, 2.75) is 38.1 Å². The van der Waals surface area contributed by atoms with Gasteiger partial charge < -0.3 is 14.5 Å². The average Bonchev–Trinajstić information content (AvgIpc) is 3.34. The largest absolute Gasteiger partial charge is 0.379 e. The quantitative estimate of drug-likeness (QED) is 0.713. The van der Waals surface area contributed by atoms with Crippen molar-refractivity contribution in [3.05, 3.63) is 29.3 Å². The van der Waals surface area contributed by atoms with Crippen LogP contribution in [0.4, 0.5) is 0 Å². The van der Waals surface area contributed by atoms with Crippen LogP contribution in [-0.2, 0) is 16.0 Å². The van der Waals surface area contributed by atoms with Gasteiger partial charge in [-0.2, -0.15) is 0 Å². The molecule has 1 spiro atoms. The molecule has 3 aliphatic rings. The molecule has 6 nitrogen and oxygen atoms in total. The first-order valence-electron chi connectivity index (χ1n) is 11.7. The van der Waals surface area contributed by atoms with Crippen LogP contribution in [0, 0.1) is 5.41 Å². The van der Waals surface area contributed by atoms with Crippen LogP contribution in [0.25, 0.3) is 10.2 Å². The maximum Gasteiger partial charge on any atom is 0.222 e. The topological polar surface area (TPSA) is 48.9 Å². The van der Waals surface area contributed by atoms with Gasteiger partial charge in [0.1, 0.15) is 0 Å². The van der Waals surface area contributed by atoms with Gasteiger partial charge in [-0.1, -0.05) is 12.1 Å². The van der Waals surface area contributed by atoms with E-state index in [2.05, 4.69) is 32.8 Å². The second kappa shape index (κ2) is 9.14. The van der Waals surface area contributed by atoms with Crippen LogP contribution < -0.4 is 0 Å². The van der Waals surface area contributed by atoms with Crippen LogP contribution in [0.2, 0.25) is 0 Å². The molecular weight excluding hydrogens is 408 g/mol. The first-order valence-corrected chi connectivity index (χ1v) is 12.5. The lowest BCUT2D eigenvalue weighted by Gasteiger charge is -2.39. The number of para-hydroxylation sites is 1. The molecule has 1 aromatic heterocycles. The fourth-order valence-corrected chi connectivity index (χ4v) is 6.62. The van der Waals surface area contributed by atoms with Gasteiger partial charge in [0.25, 0.3) is 0 Å². The molecule has 0 bridgehead atoms. The van der Waals surface area contributed by atoms with E-state index in [1.54, 1.807) is 11.3 Å². The molecule has 1 atom stereocenters. The summed E-state index contributed by atoms with van der Waals surface area (Å²) in [4.78, 5) is 24.8. The Morgan fingerprint density at radius 1 is 1.19 bits per heavy atom. The number of nitrogens with zero attached hydrogens (tertiary/aromatic N) is 4. The minimum absolute atomic E-state index is 0.297. The summed E-state index contributed by atoms with van der Waals surface area (Å²) in [5.41, 5.74) is 1.45. The van der Waals surface area contributed by atoms with E-state index in [-0.39, 0.29) is 0 Å². The molecule has 0 saturated carbocycles. The van der Waals surface area contributed by atoms with Crippen LogP contribution >= 0.6 is 11.3 Å². The summed E-state index contributed by atoms with van der Waals surface area (Å²) >= 11 is 1.72. The number of likely N-dealkylation sites (N-methyl/N-ethyl adjacent to an activating group) is 1. The van der Waals surface area contributed by atoms with Crippen LogP contribution in [-0.4, -0.2) is 91.2 Å². The standard InChI is InChI=1S/C24H34N4O2S/c1-26-18-24(16-19(26)17-27-12-14-30-15-13-27)8-10-28(11-9-24)23(29)7-6-22-25-20-4-2-3-5-21(20)31-22/h2-5,19H,6-18H2,1H3. The number of thiazole rings is 1. The lowest BCUT2D eigenvalue weighted by Crippen LogP contribution is -2.44. The van der Waals surface area contributed by atoms with Crippen molar-refractivity contribution in [3.63, 3.8) is 0 Å². The lowest BCUT2D eigenvalue weighted by atomic mass is 9.76. The van der Waals surface area contributed by atoms with E-state index in [9.17, 15) is 4.79 Å². The number of piperidine rings is 1. The van der Waals surface area contributed by atoms with Crippen LogP contribution in [0.5, 0.6) is 0 Å². The van der Waals surface area contributed by atoms with Crippen molar-refractivity contribution in [2.75, 3.05) is 59.5 Å². The van der Waals surface area contributed by atoms with Crippen molar-refractivity contribution < 1.29 is 9.53 Å². The molecule has 0 N–H and O–H groups in total. The summed E-state index contributed by atoms with van der Waals surface area (Å²) in [7, 11) is 2.29. The molecule has 7 heteroatoms. The molecular formula is C24H34N4O2S. The Morgan fingerprint density at radius 3 is 2.74 bits per heavy atom. The van der Waals surface area contributed by atoms with E-state index in [1.165, 1.54) is 17.7 Å². The third kappa shape index (κ3) is 4.80. The zero-order chi connectivity index (χ0) is 21.3. The highest BCUT2D eigenvalue weighted by molar-refractivity contribution is 7.18. The van der Waals surface area contributed by atoms with Gasteiger partial charge in [0.15, 0.2) is 0 Å². The predicted molar refractivity (Wildman–Crippen MR) is 124 cm³/mol. The van der Waals surface area contributed by atoms with Crippen molar-refractivity contribution >= 4 is 27.5 Å². The number of amides is 1. The van der Waals surface area contributed by atoms with Crippen LogP contribution in [0.1, 0.15) is 30.7 Å². The molecule has 3 aliphatic heterocycles. The number of hydrogen-bond acceptors (Lipinski definition) is 6. The molecule has 5 rings (SSSR count). The number of ether oxygens (including phenoxy) is 1. The lowest BCUT2D eigenvalue weighted by molar-refractivity contribution is -0.133. The van der Waals surface area contributed by atoms with E-state index in [0.29, 0.717) is 23.8 Å². The van der Waals surface area contributed by atoms with E-state index in [0.717, 1.165) is 75.7 Å².